The second-order valence-electron chi connectivity index (χ2n) is 2.64. The summed E-state index contributed by atoms with van der Waals surface area (Å²) in [6, 6.07) is 5.26. The molecule has 84 valence electrons. The normalized spacial score (nSPS) is 10.1. The molecule has 1 aromatic rings. The Bertz CT molecular complexity index is 307. The molecule has 0 amide bonds. The van der Waals surface area contributed by atoms with Gasteiger partial charge in [-0.3, -0.25) is 0 Å². The van der Waals surface area contributed by atoms with E-state index in [0.29, 0.717) is 11.5 Å². The summed E-state index contributed by atoms with van der Waals surface area (Å²) in [6.45, 7) is -1.17. The summed E-state index contributed by atoms with van der Waals surface area (Å²) >= 11 is 2.06. The van der Waals surface area contributed by atoms with Crippen LogP contribution in [0.2, 0.25) is 0 Å². The third kappa shape index (κ3) is 3.81. The number of alkyl halides is 2. The van der Waals surface area contributed by atoms with Crippen molar-refractivity contribution in [3.8, 4) is 11.5 Å². The predicted octanol–water partition coefficient (Wildman–Crippen LogP) is 2.99. The molecule has 0 radical (unpaired) electrons. The molecule has 0 N–H and O–H groups in total. The summed E-state index contributed by atoms with van der Waals surface area (Å²) in [5.41, 5.74) is 0. The molecule has 0 aliphatic carbocycles. The number of ether oxygens (including phenoxy) is 2. The van der Waals surface area contributed by atoms with Crippen molar-refractivity contribution in [3.05, 3.63) is 21.8 Å². The third-order valence-corrected chi connectivity index (χ3v) is 2.44. The van der Waals surface area contributed by atoms with Gasteiger partial charge in [0.1, 0.15) is 26.6 Å². The lowest BCUT2D eigenvalue weighted by molar-refractivity contribution is 0.233. The largest absolute Gasteiger partial charge is 0.487 e. The van der Waals surface area contributed by atoms with Crippen LogP contribution in [-0.4, -0.2) is 26.6 Å². The van der Waals surface area contributed by atoms with E-state index < -0.39 is 13.3 Å². The highest BCUT2D eigenvalue weighted by Crippen LogP contribution is 2.32. The van der Waals surface area contributed by atoms with Gasteiger partial charge in [0.2, 0.25) is 0 Å². The van der Waals surface area contributed by atoms with E-state index in [1.54, 1.807) is 12.1 Å². The highest BCUT2D eigenvalue weighted by molar-refractivity contribution is 14.1. The molecule has 1 rings (SSSR count). The molecule has 0 aliphatic heterocycles. The van der Waals surface area contributed by atoms with Crippen LogP contribution in [0.15, 0.2) is 18.2 Å². The van der Waals surface area contributed by atoms with Gasteiger partial charge in [-0.15, -0.1) is 0 Å². The molecule has 0 atom stereocenters. The van der Waals surface area contributed by atoms with Gasteiger partial charge in [0, 0.05) is 0 Å². The van der Waals surface area contributed by atoms with Crippen molar-refractivity contribution in [2.24, 2.45) is 0 Å². The van der Waals surface area contributed by atoms with Crippen LogP contribution in [-0.2, 0) is 0 Å². The minimum absolute atomic E-state index is 0.0217. The van der Waals surface area contributed by atoms with Gasteiger partial charge in [-0.1, -0.05) is 6.07 Å². The van der Waals surface area contributed by atoms with Crippen LogP contribution in [0, 0.1) is 3.57 Å². The van der Waals surface area contributed by atoms with E-state index in [1.165, 1.54) is 0 Å². The lowest BCUT2D eigenvalue weighted by atomic mass is 10.3. The molecule has 0 saturated carbocycles. The average Bonchev–Trinajstić information content (AvgIpc) is 2.25. The van der Waals surface area contributed by atoms with Crippen LogP contribution in [0.3, 0.4) is 0 Å². The molecule has 1 aromatic carbocycles. The highest BCUT2D eigenvalue weighted by Gasteiger charge is 2.08. The molecule has 0 bridgehead atoms. The van der Waals surface area contributed by atoms with Crippen LogP contribution in [0.5, 0.6) is 11.5 Å². The Morgan fingerprint density at radius 3 is 2.40 bits per heavy atom. The Hall–Kier alpha value is -0.590. The Labute approximate surface area is 101 Å². The quantitative estimate of drug-likeness (QED) is 0.748. The third-order valence-electron chi connectivity index (χ3n) is 1.59. The van der Waals surface area contributed by atoms with Crippen molar-refractivity contribution in [2.45, 2.75) is 0 Å². The smallest absolute Gasteiger partial charge is 0.174 e. The number of halogens is 3. The summed E-state index contributed by atoms with van der Waals surface area (Å²) in [5, 5.41) is 0. The Morgan fingerprint density at radius 2 is 1.73 bits per heavy atom. The number of para-hydroxylation sites is 1. The maximum Gasteiger partial charge on any atom is 0.174 e. The molecule has 5 heteroatoms. The maximum atomic E-state index is 12.0. The number of rotatable bonds is 6. The summed E-state index contributed by atoms with van der Waals surface area (Å²) in [7, 11) is 0. The molecular weight excluding hydrogens is 317 g/mol. The molecule has 0 saturated heterocycles. The first-order chi connectivity index (χ1) is 7.29. The fourth-order valence-corrected chi connectivity index (χ4v) is 1.66. The minimum Gasteiger partial charge on any atom is -0.487 e. The standard InChI is InChI=1S/C10H11F2IO2/c11-4-6-14-9-3-1-2-8(13)10(9)15-7-5-12/h1-3H,4-7H2. The zero-order chi connectivity index (χ0) is 11.1. The second-order valence-corrected chi connectivity index (χ2v) is 3.80. The van der Waals surface area contributed by atoms with Crippen molar-refractivity contribution < 1.29 is 18.3 Å². The average molecular weight is 328 g/mol. The molecule has 0 fully saturated rings. The Balaban J connectivity index is 2.77. The van der Waals surface area contributed by atoms with Crippen LogP contribution < -0.4 is 9.47 Å². The first-order valence-electron chi connectivity index (χ1n) is 4.45. The highest BCUT2D eigenvalue weighted by atomic mass is 127. The Kier molecular flexibility index (Phi) is 5.67. The SMILES string of the molecule is FCCOc1cccc(I)c1OCCF. The summed E-state index contributed by atoms with van der Waals surface area (Å²) in [5.74, 6) is 0.928. The van der Waals surface area contributed by atoms with Crippen molar-refractivity contribution in [3.63, 3.8) is 0 Å². The van der Waals surface area contributed by atoms with Crippen molar-refractivity contribution in [1.82, 2.24) is 0 Å². The lowest BCUT2D eigenvalue weighted by Crippen LogP contribution is -2.05. The zero-order valence-electron chi connectivity index (χ0n) is 8.01. The van der Waals surface area contributed by atoms with Gasteiger partial charge in [0.05, 0.1) is 3.57 Å². The van der Waals surface area contributed by atoms with E-state index in [2.05, 4.69) is 22.6 Å². The summed E-state index contributed by atoms with van der Waals surface area (Å²) in [6.07, 6.45) is 0. The molecule has 0 aromatic heterocycles. The van der Waals surface area contributed by atoms with Crippen LogP contribution in [0.1, 0.15) is 0 Å². The molecule has 15 heavy (non-hydrogen) atoms. The number of hydrogen-bond acceptors (Lipinski definition) is 2. The van der Waals surface area contributed by atoms with Crippen molar-refractivity contribution >= 4 is 22.6 Å². The van der Waals surface area contributed by atoms with Gasteiger partial charge in [0.25, 0.3) is 0 Å². The van der Waals surface area contributed by atoms with E-state index >= 15 is 0 Å². The monoisotopic (exact) mass is 328 g/mol. The van der Waals surface area contributed by atoms with Gasteiger partial charge in [-0.05, 0) is 34.7 Å². The van der Waals surface area contributed by atoms with Gasteiger partial charge in [-0.2, -0.15) is 0 Å². The van der Waals surface area contributed by atoms with Gasteiger partial charge < -0.3 is 9.47 Å². The lowest BCUT2D eigenvalue weighted by Gasteiger charge is -2.12. The van der Waals surface area contributed by atoms with Gasteiger partial charge in [-0.25, -0.2) is 8.78 Å². The first-order valence-corrected chi connectivity index (χ1v) is 5.53. The number of hydrogen-bond donors (Lipinski definition) is 0. The van der Waals surface area contributed by atoms with Crippen molar-refractivity contribution in [2.75, 3.05) is 26.6 Å². The first kappa shape index (κ1) is 12.5. The van der Waals surface area contributed by atoms with Crippen molar-refractivity contribution in [1.29, 1.82) is 0 Å². The van der Waals surface area contributed by atoms with Crippen LogP contribution in [0.4, 0.5) is 8.78 Å². The summed E-state index contributed by atoms with van der Waals surface area (Å²) in [4.78, 5) is 0. The Morgan fingerprint density at radius 1 is 1.07 bits per heavy atom. The van der Waals surface area contributed by atoms with E-state index in [9.17, 15) is 8.78 Å². The molecular formula is C10H11F2IO2. The maximum absolute atomic E-state index is 12.0. The van der Waals surface area contributed by atoms with Crippen LogP contribution >= 0.6 is 22.6 Å². The van der Waals surface area contributed by atoms with Gasteiger partial charge >= 0.3 is 0 Å². The van der Waals surface area contributed by atoms with E-state index in [-0.39, 0.29) is 13.2 Å². The molecule has 0 spiro atoms. The molecule has 0 unspecified atom stereocenters. The molecule has 2 nitrogen and oxygen atoms in total. The fourth-order valence-electron chi connectivity index (χ4n) is 1.03. The topological polar surface area (TPSA) is 18.5 Å². The fraction of sp³-hybridized carbons (Fsp3) is 0.400. The number of benzene rings is 1. The minimum atomic E-state index is -0.562. The molecule has 0 aliphatic rings. The zero-order valence-corrected chi connectivity index (χ0v) is 10.2. The predicted molar refractivity (Wildman–Crippen MR) is 62.1 cm³/mol. The van der Waals surface area contributed by atoms with E-state index in [4.69, 9.17) is 9.47 Å². The van der Waals surface area contributed by atoms with Gasteiger partial charge in [0.15, 0.2) is 11.5 Å². The van der Waals surface area contributed by atoms with E-state index in [0.717, 1.165) is 3.57 Å². The van der Waals surface area contributed by atoms with E-state index in [1.807, 2.05) is 6.07 Å². The molecule has 0 heterocycles. The second kappa shape index (κ2) is 6.81. The van der Waals surface area contributed by atoms with Crippen LogP contribution in [0.25, 0.3) is 0 Å². The summed E-state index contributed by atoms with van der Waals surface area (Å²) < 4.78 is 35.0.